The van der Waals surface area contributed by atoms with E-state index in [-0.39, 0.29) is 16.6 Å². The molecule has 0 atom stereocenters. The number of nitrogens with zero attached hydrogens (tertiary/aromatic N) is 1. The molecule has 1 aliphatic rings. The summed E-state index contributed by atoms with van der Waals surface area (Å²) in [5.41, 5.74) is 1.74. The predicted molar refractivity (Wildman–Crippen MR) is 89.6 cm³/mol. The second kappa shape index (κ2) is 5.23. The molecule has 1 aromatic rings. The number of amides is 1. The van der Waals surface area contributed by atoms with Gasteiger partial charge in [-0.3, -0.25) is 9.59 Å². The van der Waals surface area contributed by atoms with Crippen LogP contribution in [0.3, 0.4) is 0 Å². The minimum Gasteiger partial charge on any atom is -0.507 e. The van der Waals surface area contributed by atoms with Gasteiger partial charge >= 0.3 is 5.91 Å². The summed E-state index contributed by atoms with van der Waals surface area (Å²) in [5.74, 6) is -0.451. The van der Waals surface area contributed by atoms with Crippen LogP contribution < -0.4 is 0 Å². The van der Waals surface area contributed by atoms with Crippen LogP contribution in [0, 0.1) is 0 Å². The Balaban J connectivity index is 2.69. The molecule has 0 fully saturated rings. The maximum atomic E-state index is 11.4. The van der Waals surface area contributed by atoms with E-state index in [1.54, 1.807) is 0 Å². The first-order valence-electron chi connectivity index (χ1n) is 7.14. The molecule has 0 spiro atoms. The molecule has 0 radical (unpaired) electrons. The Labute approximate surface area is 135 Å². The lowest BCUT2D eigenvalue weighted by Crippen LogP contribution is -2.18. The maximum absolute atomic E-state index is 11.4. The van der Waals surface area contributed by atoms with E-state index >= 15 is 0 Å². The number of benzene rings is 1. The molecule has 1 aromatic carbocycles. The van der Waals surface area contributed by atoms with Crippen LogP contribution in [-0.2, 0) is 20.4 Å². The zero-order valence-electron chi connectivity index (χ0n) is 13.8. The van der Waals surface area contributed by atoms with Gasteiger partial charge in [-0.2, -0.15) is 4.99 Å². The first-order chi connectivity index (χ1) is 9.91. The van der Waals surface area contributed by atoms with Gasteiger partial charge in [0.1, 0.15) is 10.8 Å². The summed E-state index contributed by atoms with van der Waals surface area (Å²) in [6, 6.07) is 3.64. The van der Waals surface area contributed by atoms with Crippen molar-refractivity contribution in [1.82, 2.24) is 0 Å². The molecule has 0 bridgehead atoms. The standard InChI is InChI=1S/C17H21NO3S/c1-16(2,3)10-7-9(14-18-13(20)15(21)22-14)8-11(12(10)19)17(4,5)6/h7-8,19H,1-6H3. The van der Waals surface area contributed by atoms with E-state index < -0.39 is 11.0 Å². The molecule has 0 aliphatic carbocycles. The number of hydrogen-bond acceptors (Lipinski definition) is 4. The molecular formula is C17H21NO3S. The zero-order valence-corrected chi connectivity index (χ0v) is 14.6. The van der Waals surface area contributed by atoms with Gasteiger partial charge in [0.25, 0.3) is 5.12 Å². The zero-order chi connectivity index (χ0) is 16.9. The molecule has 0 saturated carbocycles. The van der Waals surface area contributed by atoms with Gasteiger partial charge in [-0.15, -0.1) is 0 Å². The average molecular weight is 319 g/mol. The van der Waals surface area contributed by atoms with Crippen molar-refractivity contribution in [2.75, 3.05) is 0 Å². The summed E-state index contributed by atoms with van der Waals surface area (Å²) < 4.78 is 0. The van der Waals surface area contributed by atoms with E-state index in [0.717, 1.165) is 22.9 Å². The lowest BCUT2D eigenvalue weighted by Gasteiger charge is -2.28. The monoisotopic (exact) mass is 319 g/mol. The number of aromatic hydroxyl groups is 1. The second-order valence-corrected chi connectivity index (χ2v) is 8.49. The van der Waals surface area contributed by atoms with Crippen molar-refractivity contribution in [2.45, 2.75) is 52.4 Å². The number of rotatable bonds is 1. The van der Waals surface area contributed by atoms with Gasteiger partial charge in [0.05, 0.1) is 0 Å². The van der Waals surface area contributed by atoms with Crippen molar-refractivity contribution in [2.24, 2.45) is 4.99 Å². The van der Waals surface area contributed by atoms with Gasteiger partial charge in [0.15, 0.2) is 0 Å². The lowest BCUT2D eigenvalue weighted by molar-refractivity contribution is -0.130. The Morgan fingerprint density at radius 1 is 0.955 bits per heavy atom. The highest BCUT2D eigenvalue weighted by Crippen LogP contribution is 2.40. The Morgan fingerprint density at radius 3 is 1.73 bits per heavy atom. The number of hydrogen-bond donors (Lipinski definition) is 1. The predicted octanol–water partition coefficient (Wildman–Crippen LogP) is 3.53. The summed E-state index contributed by atoms with van der Waals surface area (Å²) in [5, 5.41) is 10.5. The van der Waals surface area contributed by atoms with E-state index in [1.165, 1.54) is 0 Å². The Kier molecular flexibility index (Phi) is 3.98. The summed E-state index contributed by atoms with van der Waals surface area (Å²) in [4.78, 5) is 26.6. The fraction of sp³-hybridized carbons (Fsp3) is 0.471. The molecule has 1 aliphatic heterocycles. The Bertz CT molecular complexity index is 656. The third-order valence-corrected chi connectivity index (χ3v) is 4.42. The van der Waals surface area contributed by atoms with Crippen molar-refractivity contribution in [3.63, 3.8) is 0 Å². The normalized spacial score (nSPS) is 16.2. The van der Waals surface area contributed by atoms with E-state index in [0.29, 0.717) is 10.6 Å². The first-order valence-corrected chi connectivity index (χ1v) is 7.96. The van der Waals surface area contributed by atoms with Crippen LogP contribution in [-0.4, -0.2) is 21.2 Å². The van der Waals surface area contributed by atoms with Gasteiger partial charge in [-0.1, -0.05) is 41.5 Å². The molecule has 22 heavy (non-hydrogen) atoms. The van der Waals surface area contributed by atoms with E-state index in [1.807, 2.05) is 53.7 Å². The van der Waals surface area contributed by atoms with Gasteiger partial charge in [-0.25, -0.2) is 0 Å². The molecule has 1 amide bonds. The quantitative estimate of drug-likeness (QED) is 0.804. The van der Waals surface area contributed by atoms with Crippen LogP contribution in [0.25, 0.3) is 0 Å². The summed E-state index contributed by atoms with van der Waals surface area (Å²) in [7, 11) is 0. The highest BCUT2D eigenvalue weighted by atomic mass is 32.2. The summed E-state index contributed by atoms with van der Waals surface area (Å²) in [6.07, 6.45) is 0. The van der Waals surface area contributed by atoms with Gasteiger partial charge in [-0.05, 0) is 34.7 Å². The number of phenolic OH excluding ortho intramolecular Hbond substituents is 1. The minimum absolute atomic E-state index is 0.266. The molecule has 5 heteroatoms. The molecular weight excluding hydrogens is 298 g/mol. The third kappa shape index (κ3) is 3.09. The number of carbonyl (C=O) groups excluding carboxylic acids is 2. The molecule has 1 N–H and O–H groups in total. The first kappa shape index (κ1) is 16.7. The third-order valence-electron chi connectivity index (χ3n) is 3.54. The van der Waals surface area contributed by atoms with Crippen LogP contribution in [0.1, 0.15) is 58.2 Å². The van der Waals surface area contributed by atoms with Crippen molar-refractivity contribution in [1.29, 1.82) is 0 Å². The smallest absolute Gasteiger partial charge is 0.325 e. The lowest BCUT2D eigenvalue weighted by atomic mass is 9.78. The molecule has 0 unspecified atom stereocenters. The molecule has 0 aromatic heterocycles. The highest BCUT2D eigenvalue weighted by molar-refractivity contribution is 8.28. The van der Waals surface area contributed by atoms with Crippen LogP contribution >= 0.6 is 11.8 Å². The van der Waals surface area contributed by atoms with Crippen molar-refractivity contribution in [3.05, 3.63) is 28.8 Å². The van der Waals surface area contributed by atoms with E-state index in [4.69, 9.17) is 0 Å². The van der Waals surface area contributed by atoms with Crippen LogP contribution in [0.5, 0.6) is 5.75 Å². The molecule has 1 heterocycles. The number of phenols is 1. The van der Waals surface area contributed by atoms with E-state index in [9.17, 15) is 14.7 Å². The van der Waals surface area contributed by atoms with Crippen molar-refractivity contribution in [3.8, 4) is 5.75 Å². The van der Waals surface area contributed by atoms with Gasteiger partial charge in [0, 0.05) is 16.7 Å². The second-order valence-electron chi connectivity index (χ2n) is 7.53. The van der Waals surface area contributed by atoms with Crippen LogP contribution in [0.15, 0.2) is 17.1 Å². The Hall–Kier alpha value is -1.62. The van der Waals surface area contributed by atoms with Gasteiger partial charge < -0.3 is 5.11 Å². The summed E-state index contributed by atoms with van der Waals surface area (Å²) >= 11 is 0.851. The van der Waals surface area contributed by atoms with Crippen LogP contribution in [0.4, 0.5) is 0 Å². The minimum atomic E-state index is -0.720. The maximum Gasteiger partial charge on any atom is 0.325 e. The average Bonchev–Trinajstić information content (AvgIpc) is 2.67. The highest BCUT2D eigenvalue weighted by Gasteiger charge is 2.31. The number of thioether (sulfide) groups is 1. The fourth-order valence-electron chi connectivity index (χ4n) is 2.32. The fourth-order valence-corrected chi connectivity index (χ4v) is 2.99. The van der Waals surface area contributed by atoms with Gasteiger partial charge in [0.2, 0.25) is 0 Å². The SMILES string of the molecule is CC(C)(C)c1cc(C2=NC(=O)C(=O)S2)cc(C(C)(C)C)c1O. The molecule has 118 valence electrons. The number of carbonyl (C=O) groups is 2. The van der Waals surface area contributed by atoms with Crippen molar-refractivity contribution < 1.29 is 14.7 Å². The topological polar surface area (TPSA) is 66.7 Å². The Morgan fingerprint density at radius 2 is 1.41 bits per heavy atom. The number of aliphatic imine (C=N–C) groups is 1. The van der Waals surface area contributed by atoms with Crippen LogP contribution in [0.2, 0.25) is 0 Å². The van der Waals surface area contributed by atoms with E-state index in [2.05, 4.69) is 4.99 Å². The largest absolute Gasteiger partial charge is 0.507 e. The summed E-state index contributed by atoms with van der Waals surface area (Å²) in [6.45, 7) is 12.1. The molecule has 0 saturated heterocycles. The molecule has 2 rings (SSSR count). The molecule has 4 nitrogen and oxygen atoms in total. The van der Waals surface area contributed by atoms with Crippen molar-refractivity contribution >= 4 is 27.8 Å².